The summed E-state index contributed by atoms with van der Waals surface area (Å²) in [6.07, 6.45) is 9.61. The van der Waals surface area contributed by atoms with Crippen molar-refractivity contribution in [2.75, 3.05) is 0 Å². The van der Waals surface area contributed by atoms with Crippen molar-refractivity contribution in [1.82, 2.24) is 0 Å². The third-order valence-corrected chi connectivity index (χ3v) is 2.63. The Morgan fingerprint density at radius 1 is 1.33 bits per heavy atom. The van der Waals surface area contributed by atoms with Crippen molar-refractivity contribution in [2.45, 2.75) is 12.8 Å². The van der Waals surface area contributed by atoms with Crippen molar-refractivity contribution in [1.29, 1.82) is 0 Å². The topological polar surface area (TPSA) is 0 Å². The molecule has 1 saturated carbocycles. The predicted octanol–water partition coefficient (Wildman–Crippen LogP) is 2.38. The summed E-state index contributed by atoms with van der Waals surface area (Å²) < 4.78 is 0. The second-order valence-electron chi connectivity index (χ2n) is 3.18. The molecule has 1 fully saturated rings. The van der Waals surface area contributed by atoms with Gasteiger partial charge in [0, 0.05) is 0 Å². The quantitative estimate of drug-likeness (QED) is 0.466. The highest BCUT2D eigenvalue weighted by atomic mass is 14.4. The highest BCUT2D eigenvalue weighted by Crippen LogP contribution is 2.43. The summed E-state index contributed by atoms with van der Waals surface area (Å²) in [5, 5.41) is 0. The van der Waals surface area contributed by atoms with Crippen LogP contribution < -0.4 is 0 Å². The van der Waals surface area contributed by atoms with Crippen LogP contribution in [0.1, 0.15) is 12.8 Å². The van der Waals surface area contributed by atoms with Crippen molar-refractivity contribution >= 4 is 0 Å². The Balaban J connectivity index is 2.19. The highest BCUT2D eigenvalue weighted by Gasteiger charge is 2.33. The lowest BCUT2D eigenvalue weighted by molar-refractivity contribution is 0.551. The Bertz CT molecular complexity index is 155. The lowest BCUT2D eigenvalue weighted by Crippen LogP contribution is -2.01. The maximum atomic E-state index is 3.83. The molecule has 0 saturated heterocycles. The van der Waals surface area contributed by atoms with E-state index in [2.05, 4.69) is 24.8 Å². The summed E-state index contributed by atoms with van der Waals surface area (Å²) in [7, 11) is 0. The molecule has 0 radical (unpaired) electrons. The zero-order chi connectivity index (χ0) is 6.27. The van der Waals surface area contributed by atoms with Gasteiger partial charge in [0.25, 0.3) is 0 Å². The van der Waals surface area contributed by atoms with E-state index >= 15 is 0 Å². The summed E-state index contributed by atoms with van der Waals surface area (Å²) in [4.78, 5) is 0. The van der Waals surface area contributed by atoms with Crippen LogP contribution in [0, 0.1) is 17.8 Å². The molecule has 0 aliphatic heterocycles. The SMILES string of the molecule is C=C[C@@H]1CC2C=CC1C2. The molecule has 3 atom stereocenters. The minimum atomic E-state index is 0.806. The number of hydrogen-bond acceptors (Lipinski definition) is 0. The Kier molecular flexibility index (Phi) is 1.01. The molecule has 9 heavy (non-hydrogen) atoms. The van der Waals surface area contributed by atoms with Crippen LogP contribution in [0.2, 0.25) is 0 Å². The number of allylic oxidation sites excluding steroid dienone is 3. The second-order valence-corrected chi connectivity index (χ2v) is 3.18. The molecular formula is C9H12. The Hall–Kier alpha value is -0.520. The van der Waals surface area contributed by atoms with E-state index in [0.717, 1.165) is 17.8 Å². The molecule has 0 spiro atoms. The predicted molar refractivity (Wildman–Crippen MR) is 39.0 cm³/mol. The van der Waals surface area contributed by atoms with E-state index in [0.29, 0.717) is 0 Å². The summed E-state index contributed by atoms with van der Waals surface area (Å²) in [5.41, 5.74) is 0. The van der Waals surface area contributed by atoms with Gasteiger partial charge in [0.2, 0.25) is 0 Å². The molecule has 0 aromatic carbocycles. The largest absolute Gasteiger partial charge is 0.103 e. The van der Waals surface area contributed by atoms with Crippen LogP contribution in [0.25, 0.3) is 0 Å². The zero-order valence-electron chi connectivity index (χ0n) is 5.59. The van der Waals surface area contributed by atoms with Gasteiger partial charge in [-0.2, -0.15) is 0 Å². The van der Waals surface area contributed by atoms with Gasteiger partial charge >= 0.3 is 0 Å². The lowest BCUT2D eigenvalue weighted by atomic mass is 9.94. The Labute approximate surface area is 56.3 Å². The highest BCUT2D eigenvalue weighted by molar-refractivity contribution is 5.13. The van der Waals surface area contributed by atoms with Gasteiger partial charge in [-0.3, -0.25) is 0 Å². The van der Waals surface area contributed by atoms with Gasteiger partial charge in [-0.1, -0.05) is 18.2 Å². The first-order valence-electron chi connectivity index (χ1n) is 3.71. The van der Waals surface area contributed by atoms with Gasteiger partial charge in [0.05, 0.1) is 0 Å². The molecule has 2 unspecified atom stereocenters. The van der Waals surface area contributed by atoms with Crippen molar-refractivity contribution < 1.29 is 0 Å². The van der Waals surface area contributed by atoms with E-state index in [1.165, 1.54) is 12.8 Å². The molecule has 48 valence electrons. The van der Waals surface area contributed by atoms with Crippen LogP contribution in [0.3, 0.4) is 0 Å². The molecule has 0 aromatic heterocycles. The van der Waals surface area contributed by atoms with Gasteiger partial charge in [-0.05, 0) is 30.6 Å². The van der Waals surface area contributed by atoms with Gasteiger partial charge < -0.3 is 0 Å². The molecule has 0 nitrogen and oxygen atoms in total. The normalized spacial score (nSPS) is 46.0. The van der Waals surface area contributed by atoms with Crippen LogP contribution in [0.5, 0.6) is 0 Å². The molecule has 0 aromatic rings. The van der Waals surface area contributed by atoms with Crippen LogP contribution in [-0.2, 0) is 0 Å². The van der Waals surface area contributed by atoms with Crippen molar-refractivity contribution in [3.05, 3.63) is 24.8 Å². The fourth-order valence-electron chi connectivity index (χ4n) is 2.09. The van der Waals surface area contributed by atoms with E-state index < -0.39 is 0 Å². The van der Waals surface area contributed by atoms with Crippen molar-refractivity contribution in [3.8, 4) is 0 Å². The molecule has 2 rings (SSSR count). The first-order chi connectivity index (χ1) is 4.40. The monoisotopic (exact) mass is 120 g/mol. The smallest absolute Gasteiger partial charge is 0.0165 e. The number of hydrogen-bond donors (Lipinski definition) is 0. The number of rotatable bonds is 1. The van der Waals surface area contributed by atoms with Gasteiger partial charge in [0.1, 0.15) is 0 Å². The maximum absolute atomic E-state index is 3.83. The third-order valence-electron chi connectivity index (χ3n) is 2.63. The third kappa shape index (κ3) is 0.658. The summed E-state index contributed by atoms with van der Waals surface area (Å²) in [6, 6.07) is 0. The summed E-state index contributed by atoms with van der Waals surface area (Å²) in [5.74, 6) is 2.56. The summed E-state index contributed by atoms with van der Waals surface area (Å²) in [6.45, 7) is 3.83. The molecule has 0 heterocycles. The van der Waals surface area contributed by atoms with Crippen LogP contribution in [0.15, 0.2) is 24.8 Å². The maximum Gasteiger partial charge on any atom is -0.0165 e. The first kappa shape index (κ1) is 5.28. The molecule has 0 N–H and O–H groups in total. The average Bonchev–Trinajstić information content (AvgIpc) is 2.45. The Morgan fingerprint density at radius 2 is 2.22 bits per heavy atom. The molecule has 0 amide bonds. The number of fused-ring (bicyclic) bond motifs is 2. The molecule has 2 aliphatic carbocycles. The van der Waals surface area contributed by atoms with E-state index in [4.69, 9.17) is 0 Å². The summed E-state index contributed by atoms with van der Waals surface area (Å²) >= 11 is 0. The van der Waals surface area contributed by atoms with E-state index in [-0.39, 0.29) is 0 Å². The van der Waals surface area contributed by atoms with E-state index in [9.17, 15) is 0 Å². The molecule has 2 bridgehead atoms. The molecule has 2 aliphatic rings. The van der Waals surface area contributed by atoms with Gasteiger partial charge in [-0.15, -0.1) is 6.58 Å². The average molecular weight is 120 g/mol. The lowest BCUT2D eigenvalue weighted by Gasteiger charge is -2.11. The van der Waals surface area contributed by atoms with Crippen LogP contribution in [-0.4, -0.2) is 0 Å². The second kappa shape index (κ2) is 1.73. The Morgan fingerprint density at radius 3 is 2.56 bits per heavy atom. The standard InChI is InChI=1S/C9H12/c1-2-8-5-7-3-4-9(8)6-7/h2-4,7-9H,1,5-6H2/t7?,8-,9?/m1/s1. The molecular weight excluding hydrogens is 108 g/mol. The minimum absolute atomic E-state index is 0.806. The fraction of sp³-hybridized carbons (Fsp3) is 0.556. The van der Waals surface area contributed by atoms with E-state index in [1.54, 1.807) is 0 Å². The molecule has 0 heteroatoms. The fourth-order valence-corrected chi connectivity index (χ4v) is 2.09. The van der Waals surface area contributed by atoms with Crippen LogP contribution in [0.4, 0.5) is 0 Å². The minimum Gasteiger partial charge on any atom is -0.103 e. The van der Waals surface area contributed by atoms with Crippen molar-refractivity contribution in [3.63, 3.8) is 0 Å². The van der Waals surface area contributed by atoms with Gasteiger partial charge in [-0.25, -0.2) is 0 Å². The zero-order valence-corrected chi connectivity index (χ0v) is 5.59. The first-order valence-corrected chi connectivity index (χ1v) is 3.71. The van der Waals surface area contributed by atoms with Crippen LogP contribution >= 0.6 is 0 Å². The van der Waals surface area contributed by atoms with E-state index in [1.807, 2.05) is 0 Å². The van der Waals surface area contributed by atoms with Crippen molar-refractivity contribution in [2.24, 2.45) is 17.8 Å². The van der Waals surface area contributed by atoms with Gasteiger partial charge in [0.15, 0.2) is 0 Å².